The van der Waals surface area contributed by atoms with Crippen molar-refractivity contribution < 1.29 is 0 Å². The van der Waals surface area contributed by atoms with Crippen molar-refractivity contribution in [3.05, 3.63) is 76.2 Å². The number of aromatic nitrogens is 3. The zero-order valence-corrected chi connectivity index (χ0v) is 20.7. The van der Waals surface area contributed by atoms with E-state index in [0.717, 1.165) is 41.7 Å². The zero-order chi connectivity index (χ0) is 20.8. The van der Waals surface area contributed by atoms with Crippen LogP contribution < -0.4 is 10.6 Å². The molecule has 0 amide bonds. The summed E-state index contributed by atoms with van der Waals surface area (Å²) in [5.74, 6) is 1.62. The molecular formula is C23H31IN6. The fourth-order valence-corrected chi connectivity index (χ4v) is 3.45. The number of guanidine groups is 1. The highest BCUT2D eigenvalue weighted by Gasteiger charge is 2.05. The summed E-state index contributed by atoms with van der Waals surface area (Å²) >= 11 is 0. The largest absolute Gasteiger partial charge is 0.356 e. The third-order valence-electron chi connectivity index (χ3n) is 4.71. The molecular weight excluding hydrogens is 487 g/mol. The molecule has 3 aromatic rings. The monoisotopic (exact) mass is 518 g/mol. The number of nitrogens with zero attached hydrogens (tertiary/aromatic N) is 4. The van der Waals surface area contributed by atoms with Gasteiger partial charge in [0.1, 0.15) is 0 Å². The SMILES string of the molecule is CN=C(NCCc1cc(C)cc(C)c1)NCc1ccc(-n2nc(C)cc2C)nc1.I. The molecule has 0 atom stereocenters. The Bertz CT molecular complexity index is 971. The van der Waals surface area contributed by atoms with Gasteiger partial charge in [0.15, 0.2) is 11.8 Å². The van der Waals surface area contributed by atoms with E-state index in [1.165, 1.54) is 16.7 Å². The van der Waals surface area contributed by atoms with Crippen molar-refractivity contribution in [2.24, 2.45) is 4.99 Å². The summed E-state index contributed by atoms with van der Waals surface area (Å²) < 4.78 is 1.86. The number of pyridine rings is 1. The summed E-state index contributed by atoms with van der Waals surface area (Å²) in [6.07, 6.45) is 2.84. The van der Waals surface area contributed by atoms with Crippen LogP contribution in [-0.2, 0) is 13.0 Å². The summed E-state index contributed by atoms with van der Waals surface area (Å²) in [5.41, 5.74) is 7.11. The lowest BCUT2D eigenvalue weighted by atomic mass is 10.1. The number of rotatable bonds is 6. The van der Waals surface area contributed by atoms with E-state index in [-0.39, 0.29) is 24.0 Å². The van der Waals surface area contributed by atoms with E-state index in [2.05, 4.69) is 63.8 Å². The molecule has 0 bridgehead atoms. The van der Waals surface area contributed by atoms with Gasteiger partial charge in [-0.1, -0.05) is 35.4 Å². The molecule has 0 saturated carbocycles. The summed E-state index contributed by atoms with van der Waals surface area (Å²) in [5, 5.41) is 11.2. The maximum atomic E-state index is 4.55. The Hall–Kier alpha value is -2.42. The van der Waals surface area contributed by atoms with Crippen molar-refractivity contribution in [3.8, 4) is 5.82 Å². The van der Waals surface area contributed by atoms with Crippen molar-refractivity contribution in [2.75, 3.05) is 13.6 Å². The maximum Gasteiger partial charge on any atom is 0.191 e. The number of nitrogens with one attached hydrogen (secondary N) is 2. The Kier molecular flexibility index (Phi) is 8.83. The maximum absolute atomic E-state index is 4.55. The van der Waals surface area contributed by atoms with E-state index in [1.54, 1.807) is 7.05 Å². The molecule has 0 spiro atoms. The van der Waals surface area contributed by atoms with Gasteiger partial charge in [-0.3, -0.25) is 4.99 Å². The number of hydrogen-bond acceptors (Lipinski definition) is 3. The molecule has 2 heterocycles. The van der Waals surface area contributed by atoms with Gasteiger partial charge in [0.05, 0.1) is 5.69 Å². The van der Waals surface area contributed by atoms with Gasteiger partial charge in [-0.2, -0.15) is 5.10 Å². The Morgan fingerprint density at radius 3 is 2.27 bits per heavy atom. The minimum atomic E-state index is 0. The molecule has 2 aromatic heterocycles. The Balaban J connectivity index is 0.00000320. The molecule has 0 aliphatic carbocycles. The molecule has 6 nitrogen and oxygen atoms in total. The molecule has 2 N–H and O–H groups in total. The van der Waals surface area contributed by atoms with E-state index < -0.39 is 0 Å². The Labute approximate surface area is 196 Å². The first kappa shape index (κ1) is 23.9. The number of halogens is 1. The first-order chi connectivity index (χ1) is 13.9. The van der Waals surface area contributed by atoms with E-state index in [0.29, 0.717) is 6.54 Å². The highest BCUT2D eigenvalue weighted by Crippen LogP contribution is 2.11. The highest BCUT2D eigenvalue weighted by molar-refractivity contribution is 14.0. The molecule has 3 rings (SSSR count). The van der Waals surface area contributed by atoms with Gasteiger partial charge in [-0.05, 0) is 57.4 Å². The predicted molar refractivity (Wildman–Crippen MR) is 134 cm³/mol. The fourth-order valence-electron chi connectivity index (χ4n) is 3.45. The van der Waals surface area contributed by atoms with Crippen LogP contribution in [0.25, 0.3) is 5.82 Å². The van der Waals surface area contributed by atoms with Crippen molar-refractivity contribution in [1.29, 1.82) is 0 Å². The Morgan fingerprint density at radius 2 is 1.70 bits per heavy atom. The summed E-state index contributed by atoms with van der Waals surface area (Å²) in [7, 11) is 1.79. The molecule has 0 saturated heterocycles. The van der Waals surface area contributed by atoms with Gasteiger partial charge in [0.2, 0.25) is 0 Å². The van der Waals surface area contributed by atoms with Gasteiger partial charge in [-0.15, -0.1) is 24.0 Å². The van der Waals surface area contributed by atoms with Crippen LogP contribution >= 0.6 is 24.0 Å². The van der Waals surface area contributed by atoms with Crippen LogP contribution in [0.5, 0.6) is 0 Å². The third kappa shape index (κ3) is 6.55. The lowest BCUT2D eigenvalue weighted by Gasteiger charge is -2.13. The molecule has 1 aromatic carbocycles. The first-order valence-corrected chi connectivity index (χ1v) is 9.95. The van der Waals surface area contributed by atoms with E-state index in [1.807, 2.05) is 36.9 Å². The van der Waals surface area contributed by atoms with Gasteiger partial charge in [-0.25, -0.2) is 9.67 Å². The van der Waals surface area contributed by atoms with Crippen LogP contribution in [0.1, 0.15) is 33.6 Å². The van der Waals surface area contributed by atoms with Crippen molar-refractivity contribution in [2.45, 2.75) is 40.7 Å². The lowest BCUT2D eigenvalue weighted by Crippen LogP contribution is -2.37. The van der Waals surface area contributed by atoms with E-state index in [9.17, 15) is 0 Å². The number of aliphatic imine (C=N–C) groups is 1. The van der Waals surface area contributed by atoms with Crippen LogP contribution in [0.3, 0.4) is 0 Å². The van der Waals surface area contributed by atoms with Crippen molar-refractivity contribution in [1.82, 2.24) is 25.4 Å². The van der Waals surface area contributed by atoms with Crippen LogP contribution in [0.4, 0.5) is 0 Å². The molecule has 0 radical (unpaired) electrons. The average Bonchev–Trinajstić information content (AvgIpc) is 3.02. The molecule has 0 aliphatic heterocycles. The minimum absolute atomic E-state index is 0. The summed E-state index contributed by atoms with van der Waals surface area (Å²) in [6.45, 7) is 9.79. The quantitative estimate of drug-likeness (QED) is 0.294. The second kappa shape index (κ2) is 11.1. The van der Waals surface area contributed by atoms with Crippen LogP contribution in [0.2, 0.25) is 0 Å². The number of hydrogen-bond donors (Lipinski definition) is 2. The number of aryl methyl sites for hydroxylation is 4. The highest BCUT2D eigenvalue weighted by atomic mass is 127. The van der Waals surface area contributed by atoms with E-state index in [4.69, 9.17) is 0 Å². The first-order valence-electron chi connectivity index (χ1n) is 9.95. The molecule has 0 aliphatic rings. The molecule has 0 fully saturated rings. The normalized spacial score (nSPS) is 11.2. The fraction of sp³-hybridized carbons (Fsp3) is 0.348. The number of benzene rings is 1. The predicted octanol–water partition coefficient (Wildman–Crippen LogP) is 4.03. The van der Waals surface area contributed by atoms with Gasteiger partial charge < -0.3 is 10.6 Å². The molecule has 30 heavy (non-hydrogen) atoms. The van der Waals surface area contributed by atoms with Gasteiger partial charge in [0, 0.05) is 32.0 Å². The smallest absolute Gasteiger partial charge is 0.191 e. The van der Waals surface area contributed by atoms with Crippen molar-refractivity contribution >= 4 is 29.9 Å². The lowest BCUT2D eigenvalue weighted by molar-refractivity contribution is 0.783. The standard InChI is InChI=1S/C23H30N6.HI/c1-16-10-17(2)12-20(11-16)8-9-25-23(24-5)27-15-21-6-7-22(26-14-21)29-19(4)13-18(3)28-29;/h6-7,10-14H,8-9,15H2,1-5H3,(H2,24,25,27);1H. The van der Waals surface area contributed by atoms with Crippen molar-refractivity contribution in [3.63, 3.8) is 0 Å². The second-order valence-electron chi connectivity index (χ2n) is 7.46. The minimum Gasteiger partial charge on any atom is -0.356 e. The average molecular weight is 518 g/mol. The third-order valence-corrected chi connectivity index (χ3v) is 4.71. The Morgan fingerprint density at radius 1 is 0.967 bits per heavy atom. The van der Waals surface area contributed by atoms with Gasteiger partial charge >= 0.3 is 0 Å². The summed E-state index contributed by atoms with van der Waals surface area (Å²) in [6, 6.07) is 12.8. The second-order valence-corrected chi connectivity index (χ2v) is 7.46. The molecule has 0 unspecified atom stereocenters. The van der Waals surface area contributed by atoms with E-state index >= 15 is 0 Å². The van der Waals surface area contributed by atoms with Crippen LogP contribution in [0.15, 0.2) is 47.6 Å². The van der Waals surface area contributed by atoms with Crippen LogP contribution in [0, 0.1) is 27.7 Å². The zero-order valence-electron chi connectivity index (χ0n) is 18.4. The van der Waals surface area contributed by atoms with Gasteiger partial charge in [0.25, 0.3) is 0 Å². The summed E-state index contributed by atoms with van der Waals surface area (Å²) in [4.78, 5) is 8.85. The van der Waals surface area contributed by atoms with Crippen LogP contribution in [-0.4, -0.2) is 34.3 Å². The molecule has 7 heteroatoms. The topological polar surface area (TPSA) is 67.1 Å². The molecule has 160 valence electrons.